The van der Waals surface area contributed by atoms with Crippen LogP contribution in [0, 0.1) is 0 Å². The van der Waals surface area contributed by atoms with E-state index in [1.807, 2.05) is 0 Å². The van der Waals surface area contributed by atoms with E-state index in [1.165, 1.54) is 7.11 Å². The topological polar surface area (TPSA) is 48.4 Å². The highest BCUT2D eigenvalue weighted by Crippen LogP contribution is 2.33. The molecule has 0 aliphatic carbocycles. The van der Waals surface area contributed by atoms with E-state index in [0.717, 1.165) is 6.07 Å². The minimum atomic E-state index is -4.84. The molecule has 0 radical (unpaired) electrons. The molecule has 0 N–H and O–H groups in total. The van der Waals surface area contributed by atoms with Crippen molar-refractivity contribution in [3.05, 3.63) is 17.3 Å². The number of hydrogen-bond donors (Lipinski definition) is 0. The number of rotatable bonds is 4. The Morgan fingerprint density at radius 1 is 1.53 bits per heavy atom. The third kappa shape index (κ3) is 3.58. The molecule has 0 bridgehead atoms. The fraction of sp³-hybridized carbons (Fsp3) is 0.333. The zero-order chi connectivity index (χ0) is 13.1. The molecule has 1 aromatic rings. The van der Waals surface area contributed by atoms with Crippen LogP contribution in [0.5, 0.6) is 11.6 Å². The Bertz CT molecular complexity index is 423. The summed E-state index contributed by atoms with van der Waals surface area (Å²) in [5.41, 5.74) is -0.124. The maximum atomic E-state index is 12.1. The van der Waals surface area contributed by atoms with Crippen molar-refractivity contribution in [2.75, 3.05) is 7.11 Å². The summed E-state index contributed by atoms with van der Waals surface area (Å²) in [7, 11) is 1.24. The predicted molar refractivity (Wildman–Crippen MR) is 55.5 cm³/mol. The molecule has 1 rings (SSSR count). The third-order valence-electron chi connectivity index (χ3n) is 1.74. The molecular formula is C9H7BrF3NO3. The van der Waals surface area contributed by atoms with Crippen molar-refractivity contribution in [1.82, 2.24) is 4.98 Å². The van der Waals surface area contributed by atoms with E-state index in [-0.39, 0.29) is 22.5 Å². The van der Waals surface area contributed by atoms with Crippen molar-refractivity contribution < 1.29 is 27.4 Å². The minimum absolute atomic E-state index is 0.0493. The Morgan fingerprint density at radius 3 is 2.59 bits per heavy atom. The maximum Gasteiger partial charge on any atom is 0.573 e. The quantitative estimate of drug-likeness (QED) is 0.633. The van der Waals surface area contributed by atoms with E-state index in [4.69, 9.17) is 4.74 Å². The lowest BCUT2D eigenvalue weighted by Crippen LogP contribution is -2.18. The second-order valence-electron chi connectivity index (χ2n) is 2.83. The van der Waals surface area contributed by atoms with Gasteiger partial charge in [-0.25, -0.2) is 4.98 Å². The van der Waals surface area contributed by atoms with Crippen LogP contribution in [0.15, 0.2) is 6.07 Å². The van der Waals surface area contributed by atoms with Gasteiger partial charge < -0.3 is 9.47 Å². The number of aldehydes is 1. The summed E-state index contributed by atoms with van der Waals surface area (Å²) in [4.78, 5) is 14.2. The average Bonchev–Trinajstić information content (AvgIpc) is 2.25. The van der Waals surface area contributed by atoms with Crippen LogP contribution in [0.4, 0.5) is 13.2 Å². The zero-order valence-electron chi connectivity index (χ0n) is 8.55. The molecule has 0 unspecified atom stereocenters. The van der Waals surface area contributed by atoms with Gasteiger partial charge in [-0.05, 0) is 0 Å². The molecule has 0 aliphatic heterocycles. The highest BCUT2D eigenvalue weighted by molar-refractivity contribution is 9.08. The van der Waals surface area contributed by atoms with Gasteiger partial charge in [-0.3, -0.25) is 4.79 Å². The number of halogens is 4. The van der Waals surface area contributed by atoms with Gasteiger partial charge in [-0.15, -0.1) is 13.2 Å². The van der Waals surface area contributed by atoms with Gasteiger partial charge >= 0.3 is 6.36 Å². The van der Waals surface area contributed by atoms with Gasteiger partial charge in [0.1, 0.15) is 11.4 Å². The second kappa shape index (κ2) is 5.35. The molecular weight excluding hydrogens is 307 g/mol. The van der Waals surface area contributed by atoms with Gasteiger partial charge in [0.25, 0.3) is 0 Å². The zero-order valence-corrected chi connectivity index (χ0v) is 10.1. The molecule has 0 fully saturated rings. The SMILES string of the molecule is COc1nc(C=O)cc(OC(F)(F)F)c1CBr. The molecule has 4 nitrogen and oxygen atoms in total. The van der Waals surface area contributed by atoms with Crippen LogP contribution in [0.1, 0.15) is 16.1 Å². The lowest BCUT2D eigenvalue weighted by molar-refractivity contribution is -0.274. The number of aromatic nitrogens is 1. The first-order valence-corrected chi connectivity index (χ1v) is 5.38. The first kappa shape index (κ1) is 13.8. The first-order valence-electron chi connectivity index (χ1n) is 4.26. The molecule has 8 heteroatoms. The predicted octanol–water partition coefficient (Wildman–Crippen LogP) is 2.70. The number of carbonyl (C=O) groups excluding carboxylic acids is 1. The van der Waals surface area contributed by atoms with E-state index < -0.39 is 12.1 Å². The van der Waals surface area contributed by atoms with Gasteiger partial charge in [0.2, 0.25) is 5.88 Å². The number of ether oxygens (including phenoxy) is 2. The van der Waals surface area contributed by atoms with Crippen molar-refractivity contribution >= 4 is 22.2 Å². The van der Waals surface area contributed by atoms with E-state index in [2.05, 4.69) is 25.7 Å². The summed E-state index contributed by atoms with van der Waals surface area (Å²) in [5, 5.41) is 0.0493. The van der Waals surface area contributed by atoms with Crippen LogP contribution in [-0.2, 0) is 5.33 Å². The van der Waals surface area contributed by atoms with Crippen molar-refractivity contribution in [3.63, 3.8) is 0 Å². The number of carbonyl (C=O) groups is 1. The number of hydrogen-bond acceptors (Lipinski definition) is 4. The number of nitrogens with zero attached hydrogens (tertiary/aromatic N) is 1. The molecule has 1 aromatic heterocycles. The van der Waals surface area contributed by atoms with Crippen molar-refractivity contribution in [1.29, 1.82) is 0 Å². The van der Waals surface area contributed by atoms with Gasteiger partial charge in [0, 0.05) is 11.4 Å². The summed E-state index contributed by atoms with van der Waals surface area (Å²) in [5.74, 6) is -0.603. The molecule has 0 aromatic carbocycles. The van der Waals surface area contributed by atoms with Crippen molar-refractivity contribution in [3.8, 4) is 11.6 Å². The molecule has 0 spiro atoms. The molecule has 0 aliphatic rings. The van der Waals surface area contributed by atoms with Crippen LogP contribution >= 0.6 is 15.9 Å². The van der Waals surface area contributed by atoms with E-state index in [1.54, 1.807) is 0 Å². The monoisotopic (exact) mass is 313 g/mol. The summed E-state index contributed by atoms with van der Waals surface area (Å²) < 4.78 is 45.0. The number of pyridine rings is 1. The fourth-order valence-electron chi connectivity index (χ4n) is 1.11. The number of methoxy groups -OCH3 is 1. The Kier molecular flexibility index (Phi) is 4.33. The third-order valence-corrected chi connectivity index (χ3v) is 2.30. The van der Waals surface area contributed by atoms with Gasteiger partial charge in [-0.1, -0.05) is 15.9 Å². The smallest absolute Gasteiger partial charge is 0.481 e. The molecule has 1 heterocycles. The van der Waals surface area contributed by atoms with E-state index >= 15 is 0 Å². The first-order chi connectivity index (χ1) is 7.91. The lowest BCUT2D eigenvalue weighted by Gasteiger charge is -2.14. The minimum Gasteiger partial charge on any atom is -0.481 e. The Hall–Kier alpha value is -1.31. The Balaban J connectivity index is 3.29. The Labute approximate surface area is 103 Å². The summed E-state index contributed by atoms with van der Waals surface area (Å²) in [6.07, 6.45) is -4.53. The molecule has 0 saturated heterocycles. The van der Waals surface area contributed by atoms with Crippen LogP contribution in [0.2, 0.25) is 0 Å². The second-order valence-corrected chi connectivity index (χ2v) is 3.39. The summed E-state index contributed by atoms with van der Waals surface area (Å²) >= 11 is 3.00. The summed E-state index contributed by atoms with van der Waals surface area (Å²) in [6.45, 7) is 0. The van der Waals surface area contributed by atoms with E-state index in [0.29, 0.717) is 6.29 Å². The average molecular weight is 314 g/mol. The molecule has 94 valence electrons. The molecule has 17 heavy (non-hydrogen) atoms. The normalized spacial score (nSPS) is 11.1. The van der Waals surface area contributed by atoms with Crippen LogP contribution in [0.3, 0.4) is 0 Å². The van der Waals surface area contributed by atoms with Gasteiger partial charge in [0.05, 0.1) is 12.7 Å². The highest BCUT2D eigenvalue weighted by Gasteiger charge is 2.33. The highest BCUT2D eigenvalue weighted by atomic mass is 79.9. The van der Waals surface area contributed by atoms with Crippen LogP contribution in [0.25, 0.3) is 0 Å². The molecule has 0 amide bonds. The largest absolute Gasteiger partial charge is 0.573 e. The lowest BCUT2D eigenvalue weighted by atomic mass is 10.2. The van der Waals surface area contributed by atoms with Crippen LogP contribution in [-0.4, -0.2) is 24.7 Å². The fourth-order valence-corrected chi connectivity index (χ4v) is 1.63. The maximum absolute atomic E-state index is 12.1. The standard InChI is InChI=1S/C9H7BrF3NO3/c1-16-8-6(3-10)7(17-9(11,12)13)2-5(4-15)14-8/h2,4H,3H2,1H3. The molecule has 0 atom stereocenters. The Morgan fingerprint density at radius 2 is 2.18 bits per heavy atom. The van der Waals surface area contributed by atoms with Gasteiger partial charge in [0.15, 0.2) is 6.29 Å². The van der Waals surface area contributed by atoms with Gasteiger partial charge in [-0.2, -0.15) is 0 Å². The van der Waals surface area contributed by atoms with E-state index in [9.17, 15) is 18.0 Å². The van der Waals surface area contributed by atoms with Crippen LogP contribution < -0.4 is 9.47 Å². The molecule has 0 saturated carbocycles. The summed E-state index contributed by atoms with van der Waals surface area (Å²) in [6, 6.07) is 0.902. The van der Waals surface area contributed by atoms with Crippen molar-refractivity contribution in [2.24, 2.45) is 0 Å². The van der Waals surface area contributed by atoms with Crippen molar-refractivity contribution in [2.45, 2.75) is 11.7 Å². The number of alkyl halides is 4.